The van der Waals surface area contributed by atoms with E-state index in [1.54, 1.807) is 0 Å². The zero-order chi connectivity index (χ0) is 40.6. The van der Waals surface area contributed by atoms with Gasteiger partial charge >= 0.3 is 0 Å². The smallest absolute Gasteiger partial charge is 0.0777 e. The van der Waals surface area contributed by atoms with E-state index in [0.717, 1.165) is 39.3 Å². The fraction of sp³-hybridized carbons (Fsp3) is 0.127. The quantitative estimate of drug-likeness (QED) is 0.161. The largest absolute Gasteiger partial charge is 0.366 e. The Morgan fingerprint density at radius 1 is 0.475 bits per heavy atom. The number of aromatic nitrogens is 5. The van der Waals surface area contributed by atoms with Gasteiger partial charge in [0, 0.05) is 59.8 Å². The van der Waals surface area contributed by atoms with Gasteiger partial charge in [0.25, 0.3) is 0 Å². The molecule has 8 aromatic carbocycles. The standard InChI is InChI=1S/C30H18N3.C25H25N2.Ir/c1-32-28-23-17-22-19-11-5-7-13-25(19)33-26-14-8-6-12-21(26)27(29(22)33)20(23)15-16-24(28)31-30(32)18-9-3-2-4-10-18;1-17(2)20-13-10-14-21(18(3)4)24(20)27-23-16-9-8-15-22(23)26-25(27)19-11-6-5-7-12-19;/h2-9,11-17H,1H3;5-11,13-18H,1-4H3;/q2*-1;. The number of imidazole rings is 2. The van der Waals surface area contributed by atoms with Gasteiger partial charge in [-0.05, 0) is 64.7 Å². The van der Waals surface area contributed by atoms with E-state index >= 15 is 0 Å². The van der Waals surface area contributed by atoms with Crippen molar-refractivity contribution in [3.8, 4) is 28.5 Å². The summed E-state index contributed by atoms with van der Waals surface area (Å²) in [5.74, 6) is 2.74. The maximum absolute atomic E-state index is 5.00. The third-order valence-corrected chi connectivity index (χ3v) is 12.2. The van der Waals surface area contributed by atoms with Crippen molar-refractivity contribution in [3.63, 3.8) is 0 Å². The summed E-state index contributed by atoms with van der Waals surface area (Å²) in [5.41, 5.74) is 14.1. The Hall–Kier alpha value is -6.59. The van der Waals surface area contributed by atoms with E-state index in [0.29, 0.717) is 11.8 Å². The van der Waals surface area contributed by atoms with Gasteiger partial charge in [-0.2, -0.15) is 0 Å². The minimum Gasteiger partial charge on any atom is -0.366 e. The predicted molar refractivity (Wildman–Crippen MR) is 251 cm³/mol. The van der Waals surface area contributed by atoms with E-state index < -0.39 is 0 Å². The molecule has 0 aliphatic heterocycles. The van der Waals surface area contributed by atoms with Crippen LogP contribution in [0.3, 0.4) is 0 Å². The summed E-state index contributed by atoms with van der Waals surface area (Å²) in [7, 11) is 2.12. The van der Waals surface area contributed by atoms with Gasteiger partial charge in [0.1, 0.15) is 0 Å². The average molecular weight is 966 g/mol. The molecule has 0 aliphatic rings. The van der Waals surface area contributed by atoms with Crippen LogP contribution in [0.5, 0.6) is 0 Å². The van der Waals surface area contributed by atoms with Crippen molar-refractivity contribution < 1.29 is 20.1 Å². The zero-order valence-corrected chi connectivity index (χ0v) is 37.1. The van der Waals surface area contributed by atoms with Crippen molar-refractivity contribution in [1.82, 2.24) is 23.5 Å². The van der Waals surface area contributed by atoms with Gasteiger partial charge in [-0.1, -0.05) is 100 Å². The number of aryl methyl sites for hydroxylation is 1. The van der Waals surface area contributed by atoms with Crippen LogP contribution in [0.4, 0.5) is 0 Å². The summed E-state index contributed by atoms with van der Waals surface area (Å²) in [6, 6.07) is 62.2. The Bertz CT molecular complexity index is 3530. The molecule has 0 amide bonds. The van der Waals surface area contributed by atoms with Crippen LogP contribution < -0.4 is 0 Å². The van der Waals surface area contributed by atoms with Gasteiger partial charge in [-0.25, -0.2) is 0 Å². The minimum atomic E-state index is 0. The predicted octanol–water partition coefficient (Wildman–Crippen LogP) is 14.1. The van der Waals surface area contributed by atoms with Crippen LogP contribution in [0.15, 0.2) is 158 Å². The van der Waals surface area contributed by atoms with E-state index in [1.165, 1.54) is 71.2 Å². The Kier molecular flexibility index (Phi) is 9.59. The maximum Gasteiger partial charge on any atom is 0.0777 e. The zero-order valence-electron chi connectivity index (χ0n) is 34.7. The first kappa shape index (κ1) is 38.6. The topological polar surface area (TPSA) is 40.0 Å². The molecule has 61 heavy (non-hydrogen) atoms. The Morgan fingerprint density at radius 2 is 1.03 bits per heavy atom. The number of hydrogen-bond acceptors (Lipinski definition) is 2. The van der Waals surface area contributed by atoms with Gasteiger partial charge in [-0.3, -0.25) is 9.97 Å². The summed E-state index contributed by atoms with van der Waals surface area (Å²) < 4.78 is 7.00. The summed E-state index contributed by atoms with van der Waals surface area (Å²) in [6.07, 6.45) is 0. The van der Waals surface area contributed by atoms with Crippen molar-refractivity contribution in [2.75, 3.05) is 0 Å². The second kappa shape index (κ2) is 15.1. The van der Waals surface area contributed by atoms with E-state index in [2.05, 4.69) is 182 Å². The molecule has 0 saturated carbocycles. The third kappa shape index (κ3) is 6.00. The Balaban J connectivity index is 0.000000147. The minimum absolute atomic E-state index is 0. The molecule has 0 aliphatic carbocycles. The van der Waals surface area contributed by atoms with Crippen molar-refractivity contribution in [1.29, 1.82) is 0 Å². The van der Waals surface area contributed by atoms with Gasteiger partial charge < -0.3 is 13.5 Å². The molecule has 6 heteroatoms. The molecular weight excluding hydrogens is 923 g/mol. The molecule has 1 radical (unpaired) electrons. The molecule has 0 unspecified atom stereocenters. The van der Waals surface area contributed by atoms with Gasteiger partial charge in [0.15, 0.2) is 0 Å². The van der Waals surface area contributed by atoms with Crippen LogP contribution in [0.25, 0.3) is 99.4 Å². The number of fused-ring (bicyclic) bond motifs is 11. The van der Waals surface area contributed by atoms with Crippen molar-refractivity contribution >= 4 is 70.9 Å². The molecule has 0 saturated heterocycles. The summed E-state index contributed by atoms with van der Waals surface area (Å²) in [6.45, 7) is 9.04. The first-order chi connectivity index (χ1) is 29.4. The molecule has 299 valence electrons. The van der Waals surface area contributed by atoms with Crippen molar-refractivity contribution in [2.45, 2.75) is 39.5 Å². The van der Waals surface area contributed by atoms with E-state index in [-0.39, 0.29) is 20.1 Å². The molecule has 4 heterocycles. The summed E-state index contributed by atoms with van der Waals surface area (Å²) in [4.78, 5) is 9.99. The van der Waals surface area contributed by atoms with Crippen LogP contribution in [-0.4, -0.2) is 23.5 Å². The summed E-state index contributed by atoms with van der Waals surface area (Å²) >= 11 is 0. The molecule has 5 nitrogen and oxygen atoms in total. The number of hydrogen-bond donors (Lipinski definition) is 0. The number of para-hydroxylation sites is 5. The van der Waals surface area contributed by atoms with Crippen LogP contribution in [-0.2, 0) is 27.2 Å². The van der Waals surface area contributed by atoms with E-state index in [4.69, 9.17) is 9.97 Å². The molecular formula is C55H43IrN5-2. The van der Waals surface area contributed by atoms with Crippen LogP contribution in [0.1, 0.15) is 50.7 Å². The maximum atomic E-state index is 5.00. The van der Waals surface area contributed by atoms with E-state index in [1.807, 2.05) is 36.4 Å². The molecule has 0 bridgehead atoms. The van der Waals surface area contributed by atoms with Gasteiger partial charge in [0.05, 0.1) is 50.3 Å². The number of benzene rings is 8. The molecule has 0 fully saturated rings. The first-order valence-electron chi connectivity index (χ1n) is 20.9. The summed E-state index contributed by atoms with van der Waals surface area (Å²) in [5, 5.41) is 7.73. The number of rotatable bonds is 5. The molecule has 12 aromatic rings. The average Bonchev–Trinajstić information content (AvgIpc) is 4.04. The van der Waals surface area contributed by atoms with Gasteiger partial charge in [-0.15, -0.1) is 71.8 Å². The molecule has 0 atom stereocenters. The second-order valence-electron chi connectivity index (χ2n) is 16.4. The Morgan fingerprint density at radius 3 is 1.69 bits per heavy atom. The number of nitrogens with zero attached hydrogens (tertiary/aromatic N) is 5. The van der Waals surface area contributed by atoms with E-state index in [9.17, 15) is 0 Å². The molecule has 12 rings (SSSR count). The molecule has 0 N–H and O–H groups in total. The Labute approximate surface area is 368 Å². The van der Waals surface area contributed by atoms with Crippen LogP contribution >= 0.6 is 0 Å². The third-order valence-electron chi connectivity index (χ3n) is 12.2. The first-order valence-corrected chi connectivity index (χ1v) is 20.9. The fourth-order valence-corrected chi connectivity index (χ4v) is 9.54. The monoisotopic (exact) mass is 966 g/mol. The molecule has 4 aromatic heterocycles. The molecule has 0 spiro atoms. The second-order valence-corrected chi connectivity index (χ2v) is 16.4. The van der Waals surface area contributed by atoms with Crippen LogP contribution in [0, 0.1) is 12.1 Å². The normalized spacial score (nSPS) is 11.9. The van der Waals surface area contributed by atoms with Crippen LogP contribution in [0.2, 0.25) is 0 Å². The fourth-order valence-electron chi connectivity index (χ4n) is 9.54. The SMILES string of the molecule is CC(C)c1cccc(C(C)C)c1-n1c(-c2[c-]cccc2)nc2ccccc21.Cn1c(-c2[c-]cccc2)nc2ccc3c(cc4c5ccccc5n5c6ccccc6c3c45)c21.[Ir]. The van der Waals surface area contributed by atoms with Gasteiger partial charge in [0.2, 0.25) is 0 Å². The van der Waals surface area contributed by atoms with Crippen molar-refractivity contribution in [3.05, 3.63) is 181 Å². The van der Waals surface area contributed by atoms with Crippen molar-refractivity contribution in [2.24, 2.45) is 7.05 Å².